The van der Waals surface area contributed by atoms with Crippen LogP contribution in [0.15, 0.2) is 10.9 Å². The van der Waals surface area contributed by atoms with Crippen molar-refractivity contribution in [3.05, 3.63) is 16.6 Å². The maximum absolute atomic E-state index is 11.8. The van der Waals surface area contributed by atoms with Crippen molar-refractivity contribution >= 4 is 17.2 Å². The van der Waals surface area contributed by atoms with Gasteiger partial charge in [0.1, 0.15) is 0 Å². The molecular formula is C12H21N3OS. The van der Waals surface area contributed by atoms with Crippen molar-refractivity contribution in [3.8, 4) is 0 Å². The summed E-state index contributed by atoms with van der Waals surface area (Å²) < 4.78 is 0. The number of thiazole rings is 1. The largest absolute Gasteiger partial charge is 0.354 e. The molecule has 0 aliphatic heterocycles. The first kappa shape index (κ1) is 14.1. The quantitative estimate of drug-likeness (QED) is 0.817. The van der Waals surface area contributed by atoms with E-state index in [1.165, 1.54) is 0 Å². The van der Waals surface area contributed by atoms with Crippen LogP contribution in [0.25, 0.3) is 0 Å². The predicted octanol–water partition coefficient (Wildman–Crippen LogP) is 1.95. The second-order valence-electron chi connectivity index (χ2n) is 4.66. The van der Waals surface area contributed by atoms with E-state index in [1.54, 1.807) is 16.8 Å². The Hall–Kier alpha value is -0.940. The van der Waals surface area contributed by atoms with Gasteiger partial charge in [-0.1, -0.05) is 13.8 Å². The minimum Gasteiger partial charge on any atom is -0.354 e. The van der Waals surface area contributed by atoms with Crippen molar-refractivity contribution in [1.82, 2.24) is 15.6 Å². The molecular weight excluding hydrogens is 234 g/mol. The number of nitrogens with zero attached hydrogens (tertiary/aromatic N) is 1. The molecule has 0 aliphatic rings. The first-order valence-electron chi connectivity index (χ1n) is 5.92. The first-order chi connectivity index (χ1) is 8.00. The summed E-state index contributed by atoms with van der Waals surface area (Å²) in [7, 11) is 0. The van der Waals surface area contributed by atoms with Crippen molar-refractivity contribution in [3.63, 3.8) is 0 Å². The fraction of sp³-hybridized carbons (Fsp3) is 0.667. The van der Waals surface area contributed by atoms with Crippen LogP contribution in [0, 0.1) is 5.92 Å². The van der Waals surface area contributed by atoms with Crippen molar-refractivity contribution < 1.29 is 4.79 Å². The van der Waals surface area contributed by atoms with E-state index >= 15 is 0 Å². The molecule has 1 aromatic heterocycles. The molecule has 0 spiro atoms. The van der Waals surface area contributed by atoms with E-state index in [0.717, 1.165) is 12.2 Å². The van der Waals surface area contributed by atoms with Crippen LogP contribution in [-0.4, -0.2) is 23.5 Å². The number of hydrogen-bond donors (Lipinski definition) is 2. The number of rotatable bonds is 6. The molecule has 2 N–H and O–H groups in total. The number of carbonyl (C=O) groups is 1. The molecule has 0 bridgehead atoms. The summed E-state index contributed by atoms with van der Waals surface area (Å²) in [6, 6.07) is -0.105. The standard InChI is InChI=1S/C12H21N3OS/c1-8(2)5-13-12(16)10(4)15-9(3)11-6-17-7-14-11/h6-10,15H,5H2,1-4H3,(H,13,16). The molecule has 2 unspecified atom stereocenters. The molecule has 0 aromatic carbocycles. The van der Waals surface area contributed by atoms with Crippen LogP contribution in [0.5, 0.6) is 0 Å². The Balaban J connectivity index is 2.38. The third-order valence-electron chi connectivity index (χ3n) is 2.47. The number of nitrogens with one attached hydrogen (secondary N) is 2. The van der Waals surface area contributed by atoms with E-state index in [9.17, 15) is 4.79 Å². The average Bonchev–Trinajstić information content (AvgIpc) is 2.78. The summed E-state index contributed by atoms with van der Waals surface area (Å²) in [5.41, 5.74) is 2.79. The Labute approximate surface area is 107 Å². The van der Waals surface area contributed by atoms with Gasteiger partial charge in [-0.3, -0.25) is 10.1 Å². The van der Waals surface area contributed by atoms with E-state index in [0.29, 0.717) is 5.92 Å². The molecule has 1 aromatic rings. The van der Waals surface area contributed by atoms with Crippen LogP contribution in [0.1, 0.15) is 39.4 Å². The molecule has 1 amide bonds. The van der Waals surface area contributed by atoms with Crippen molar-refractivity contribution in [2.24, 2.45) is 5.92 Å². The topological polar surface area (TPSA) is 54.0 Å². The van der Waals surface area contributed by atoms with Gasteiger partial charge in [-0.2, -0.15) is 0 Å². The molecule has 0 saturated carbocycles. The monoisotopic (exact) mass is 255 g/mol. The van der Waals surface area contributed by atoms with Gasteiger partial charge < -0.3 is 5.32 Å². The molecule has 1 heterocycles. The Morgan fingerprint density at radius 1 is 1.41 bits per heavy atom. The van der Waals surface area contributed by atoms with E-state index in [-0.39, 0.29) is 18.0 Å². The second-order valence-corrected chi connectivity index (χ2v) is 5.38. The smallest absolute Gasteiger partial charge is 0.236 e. The molecule has 0 fully saturated rings. The summed E-state index contributed by atoms with van der Waals surface area (Å²) in [5.74, 6) is 0.517. The normalized spacial score (nSPS) is 14.6. The fourth-order valence-electron chi connectivity index (χ4n) is 1.43. The number of carbonyl (C=O) groups excluding carboxylic acids is 1. The Kier molecular flexibility index (Phi) is 5.58. The zero-order valence-corrected chi connectivity index (χ0v) is 11.7. The molecule has 2 atom stereocenters. The predicted molar refractivity (Wildman–Crippen MR) is 71.0 cm³/mol. The summed E-state index contributed by atoms with van der Waals surface area (Å²) in [6.07, 6.45) is 0. The molecule has 96 valence electrons. The highest BCUT2D eigenvalue weighted by Gasteiger charge is 2.16. The van der Waals surface area contributed by atoms with Gasteiger partial charge in [0.05, 0.1) is 17.2 Å². The molecule has 0 saturated heterocycles. The van der Waals surface area contributed by atoms with E-state index < -0.39 is 0 Å². The molecule has 0 radical (unpaired) electrons. The molecule has 17 heavy (non-hydrogen) atoms. The highest BCUT2D eigenvalue weighted by atomic mass is 32.1. The van der Waals surface area contributed by atoms with Crippen LogP contribution < -0.4 is 10.6 Å². The lowest BCUT2D eigenvalue weighted by molar-refractivity contribution is -0.123. The summed E-state index contributed by atoms with van der Waals surface area (Å²) in [5, 5.41) is 8.15. The van der Waals surface area contributed by atoms with Crippen LogP contribution in [0.2, 0.25) is 0 Å². The maximum Gasteiger partial charge on any atom is 0.236 e. The van der Waals surface area contributed by atoms with Crippen LogP contribution in [0.3, 0.4) is 0 Å². The number of hydrogen-bond acceptors (Lipinski definition) is 4. The Morgan fingerprint density at radius 3 is 2.65 bits per heavy atom. The third kappa shape index (κ3) is 4.83. The minimum absolute atomic E-state index is 0.0424. The molecule has 1 rings (SSSR count). The van der Waals surface area contributed by atoms with Crippen molar-refractivity contribution in [2.75, 3.05) is 6.54 Å². The zero-order chi connectivity index (χ0) is 12.8. The molecule has 0 aliphatic carbocycles. The summed E-state index contributed by atoms with van der Waals surface area (Å²) in [6.45, 7) is 8.77. The van der Waals surface area contributed by atoms with Gasteiger partial charge in [-0.15, -0.1) is 11.3 Å². The van der Waals surface area contributed by atoms with Gasteiger partial charge in [0, 0.05) is 18.0 Å². The van der Waals surface area contributed by atoms with Gasteiger partial charge in [0.15, 0.2) is 0 Å². The lowest BCUT2D eigenvalue weighted by Crippen LogP contribution is -2.44. The summed E-state index contributed by atoms with van der Waals surface area (Å²) in [4.78, 5) is 16.0. The van der Waals surface area contributed by atoms with Gasteiger partial charge >= 0.3 is 0 Å². The molecule has 5 heteroatoms. The lowest BCUT2D eigenvalue weighted by atomic mass is 10.2. The fourth-order valence-corrected chi connectivity index (χ4v) is 2.08. The maximum atomic E-state index is 11.8. The van der Waals surface area contributed by atoms with E-state index in [4.69, 9.17) is 0 Å². The van der Waals surface area contributed by atoms with Crippen LogP contribution in [-0.2, 0) is 4.79 Å². The zero-order valence-electron chi connectivity index (χ0n) is 10.9. The highest BCUT2D eigenvalue weighted by Crippen LogP contribution is 2.12. The van der Waals surface area contributed by atoms with Crippen LogP contribution >= 0.6 is 11.3 Å². The van der Waals surface area contributed by atoms with Crippen molar-refractivity contribution in [2.45, 2.75) is 39.8 Å². The minimum atomic E-state index is -0.203. The SMILES string of the molecule is CC(C)CNC(=O)C(C)NC(C)c1cscn1. The van der Waals surface area contributed by atoms with Gasteiger partial charge in [0.25, 0.3) is 0 Å². The lowest BCUT2D eigenvalue weighted by Gasteiger charge is -2.18. The van der Waals surface area contributed by atoms with E-state index in [2.05, 4.69) is 29.5 Å². The van der Waals surface area contributed by atoms with Gasteiger partial charge in [0.2, 0.25) is 5.91 Å². The third-order valence-corrected chi connectivity index (χ3v) is 3.08. The number of amides is 1. The van der Waals surface area contributed by atoms with E-state index in [1.807, 2.05) is 19.2 Å². The van der Waals surface area contributed by atoms with Crippen molar-refractivity contribution in [1.29, 1.82) is 0 Å². The first-order valence-corrected chi connectivity index (χ1v) is 6.86. The number of aromatic nitrogens is 1. The van der Waals surface area contributed by atoms with Gasteiger partial charge in [-0.25, -0.2) is 4.98 Å². The Bertz CT molecular complexity index is 338. The average molecular weight is 255 g/mol. The molecule has 4 nitrogen and oxygen atoms in total. The van der Waals surface area contributed by atoms with Gasteiger partial charge in [-0.05, 0) is 19.8 Å². The Morgan fingerprint density at radius 2 is 2.12 bits per heavy atom. The summed E-state index contributed by atoms with van der Waals surface area (Å²) >= 11 is 1.57. The second kappa shape index (κ2) is 6.71. The highest BCUT2D eigenvalue weighted by molar-refractivity contribution is 7.07. The van der Waals surface area contributed by atoms with Crippen LogP contribution in [0.4, 0.5) is 0 Å².